The zero-order valence-corrected chi connectivity index (χ0v) is 15.8. The van der Waals surface area contributed by atoms with E-state index in [1.807, 2.05) is 36.4 Å². The van der Waals surface area contributed by atoms with E-state index in [4.69, 9.17) is 14.6 Å². The second kappa shape index (κ2) is 6.92. The Bertz CT molecular complexity index is 1290. The third-order valence-electron chi connectivity index (χ3n) is 4.41. The number of carbonyl (C=O) groups is 1. The number of nitrogens with two attached hydrogens (primary N) is 1. The van der Waals surface area contributed by atoms with Gasteiger partial charge in [-0.2, -0.15) is 0 Å². The summed E-state index contributed by atoms with van der Waals surface area (Å²) in [6.07, 6.45) is 3.13. The van der Waals surface area contributed by atoms with E-state index < -0.39 is 0 Å². The summed E-state index contributed by atoms with van der Waals surface area (Å²) in [7, 11) is 0. The number of rotatable bonds is 4. The Hall–Kier alpha value is -3.91. The average molecular weight is 402 g/mol. The lowest BCUT2D eigenvalue weighted by molar-refractivity contribution is 0.103. The van der Waals surface area contributed by atoms with Gasteiger partial charge in [0.25, 0.3) is 5.91 Å². The van der Waals surface area contributed by atoms with Gasteiger partial charge < -0.3 is 19.9 Å². The highest BCUT2D eigenvalue weighted by atomic mass is 32.1. The van der Waals surface area contributed by atoms with Crippen molar-refractivity contribution in [3.63, 3.8) is 0 Å². The number of amides is 1. The predicted molar refractivity (Wildman–Crippen MR) is 112 cm³/mol. The van der Waals surface area contributed by atoms with Crippen molar-refractivity contribution in [2.75, 3.05) is 11.1 Å². The molecule has 0 unspecified atom stereocenters. The number of thiophene rings is 1. The minimum absolute atomic E-state index is 0.304. The molecule has 5 aromatic rings. The molecule has 5 rings (SSSR count). The Morgan fingerprint density at radius 2 is 1.66 bits per heavy atom. The molecule has 29 heavy (non-hydrogen) atoms. The number of aromatic nitrogens is 2. The monoisotopic (exact) mass is 402 g/mol. The fraction of sp³-hybridized carbons (Fsp3) is 0. The molecule has 142 valence electrons. The molecule has 1 aromatic carbocycles. The standard InChI is InChI=1S/C21H14N4O3S/c22-17-16-15(13-8-4-10-27-13)18(14-9-5-11-28-14)24-25-21(16)29-19(17)20(26)23-12-6-2-1-3-7-12/h1-11H,22H2,(H,23,26). The van der Waals surface area contributed by atoms with Crippen LogP contribution in [0.2, 0.25) is 0 Å². The lowest BCUT2D eigenvalue weighted by atomic mass is 10.0. The van der Waals surface area contributed by atoms with E-state index in [1.54, 1.807) is 30.7 Å². The molecule has 7 nitrogen and oxygen atoms in total. The smallest absolute Gasteiger partial charge is 0.267 e. The molecule has 3 N–H and O–H groups in total. The first-order valence-corrected chi connectivity index (χ1v) is 9.57. The van der Waals surface area contributed by atoms with Gasteiger partial charge >= 0.3 is 0 Å². The fourth-order valence-electron chi connectivity index (χ4n) is 3.13. The Kier molecular flexibility index (Phi) is 4.10. The van der Waals surface area contributed by atoms with Gasteiger partial charge in [0, 0.05) is 5.69 Å². The Labute approximate surface area is 168 Å². The van der Waals surface area contributed by atoms with Gasteiger partial charge in [-0.05, 0) is 36.4 Å². The number of fused-ring (bicyclic) bond motifs is 1. The number of nitrogen functional groups attached to an aromatic ring is 1. The Balaban J connectivity index is 1.69. The van der Waals surface area contributed by atoms with Gasteiger partial charge in [-0.15, -0.1) is 21.5 Å². The number of para-hydroxylation sites is 1. The van der Waals surface area contributed by atoms with E-state index in [0.717, 1.165) is 0 Å². The van der Waals surface area contributed by atoms with E-state index in [9.17, 15) is 4.79 Å². The van der Waals surface area contributed by atoms with Gasteiger partial charge in [0.05, 0.1) is 29.2 Å². The first kappa shape index (κ1) is 17.2. The third kappa shape index (κ3) is 2.95. The molecule has 0 spiro atoms. The molecule has 8 heteroatoms. The van der Waals surface area contributed by atoms with Crippen LogP contribution in [-0.4, -0.2) is 16.1 Å². The number of nitrogens with one attached hydrogen (secondary N) is 1. The molecular weight excluding hydrogens is 388 g/mol. The highest BCUT2D eigenvalue weighted by molar-refractivity contribution is 7.21. The van der Waals surface area contributed by atoms with E-state index in [0.29, 0.717) is 49.2 Å². The normalized spacial score (nSPS) is 11.0. The zero-order chi connectivity index (χ0) is 19.8. The number of anilines is 2. The van der Waals surface area contributed by atoms with Crippen LogP contribution in [0.5, 0.6) is 0 Å². The van der Waals surface area contributed by atoms with Gasteiger partial charge in [0.15, 0.2) is 5.76 Å². The van der Waals surface area contributed by atoms with E-state index in [1.165, 1.54) is 11.3 Å². The lowest BCUT2D eigenvalue weighted by Crippen LogP contribution is -2.11. The largest absolute Gasteiger partial charge is 0.464 e. The number of benzene rings is 1. The van der Waals surface area contributed by atoms with Crippen LogP contribution in [0.3, 0.4) is 0 Å². The quantitative estimate of drug-likeness (QED) is 0.436. The molecule has 4 aromatic heterocycles. The summed E-state index contributed by atoms with van der Waals surface area (Å²) in [6, 6.07) is 16.3. The summed E-state index contributed by atoms with van der Waals surface area (Å²) in [4.78, 5) is 13.8. The molecule has 0 saturated carbocycles. The predicted octanol–water partition coefficient (Wildman–Crippen LogP) is 5.05. The molecule has 0 atom stereocenters. The fourth-order valence-corrected chi connectivity index (χ4v) is 4.08. The van der Waals surface area contributed by atoms with Crippen LogP contribution in [0.4, 0.5) is 11.4 Å². The van der Waals surface area contributed by atoms with Crippen molar-refractivity contribution >= 4 is 38.8 Å². The van der Waals surface area contributed by atoms with Crippen molar-refractivity contribution in [1.82, 2.24) is 10.2 Å². The van der Waals surface area contributed by atoms with Crippen LogP contribution in [-0.2, 0) is 0 Å². The second-order valence-electron chi connectivity index (χ2n) is 6.22. The van der Waals surface area contributed by atoms with Crippen LogP contribution < -0.4 is 11.1 Å². The number of hydrogen-bond acceptors (Lipinski definition) is 7. The van der Waals surface area contributed by atoms with Crippen LogP contribution >= 0.6 is 11.3 Å². The van der Waals surface area contributed by atoms with Crippen molar-refractivity contribution in [3.8, 4) is 22.8 Å². The topological polar surface area (TPSA) is 107 Å². The molecule has 0 saturated heterocycles. The summed E-state index contributed by atoms with van der Waals surface area (Å²) >= 11 is 1.19. The van der Waals surface area contributed by atoms with E-state index in [-0.39, 0.29) is 5.91 Å². The highest BCUT2D eigenvalue weighted by Gasteiger charge is 2.25. The molecule has 0 aliphatic carbocycles. The maximum atomic E-state index is 12.8. The SMILES string of the molecule is Nc1c(C(=O)Nc2ccccc2)sc2nnc(-c3ccco3)c(-c3ccco3)c12. The van der Waals surface area contributed by atoms with E-state index in [2.05, 4.69) is 15.5 Å². The summed E-state index contributed by atoms with van der Waals surface area (Å²) in [5, 5.41) is 12.1. The van der Waals surface area contributed by atoms with Crippen LogP contribution in [0.25, 0.3) is 33.0 Å². The van der Waals surface area contributed by atoms with Crippen LogP contribution in [0.15, 0.2) is 76.0 Å². The van der Waals surface area contributed by atoms with Crippen molar-refractivity contribution in [2.45, 2.75) is 0 Å². The molecule has 0 fully saturated rings. The second-order valence-corrected chi connectivity index (χ2v) is 7.22. The maximum Gasteiger partial charge on any atom is 0.267 e. The Morgan fingerprint density at radius 3 is 2.34 bits per heavy atom. The van der Waals surface area contributed by atoms with Gasteiger partial charge in [-0.25, -0.2) is 0 Å². The average Bonchev–Trinajstić information content (AvgIpc) is 3.50. The first-order valence-electron chi connectivity index (χ1n) is 8.75. The van der Waals surface area contributed by atoms with Crippen molar-refractivity contribution in [2.24, 2.45) is 0 Å². The third-order valence-corrected chi connectivity index (χ3v) is 5.50. The van der Waals surface area contributed by atoms with Crippen LogP contribution in [0, 0.1) is 0 Å². The Morgan fingerprint density at radius 1 is 0.931 bits per heavy atom. The van der Waals surface area contributed by atoms with Crippen molar-refractivity contribution in [1.29, 1.82) is 0 Å². The van der Waals surface area contributed by atoms with Gasteiger partial charge in [0.2, 0.25) is 0 Å². The molecular formula is C21H14N4O3S. The van der Waals surface area contributed by atoms with Crippen molar-refractivity contribution in [3.05, 3.63) is 72.0 Å². The number of nitrogens with zero attached hydrogens (tertiary/aromatic N) is 2. The highest BCUT2D eigenvalue weighted by Crippen LogP contribution is 2.43. The zero-order valence-electron chi connectivity index (χ0n) is 15.0. The number of carbonyl (C=O) groups excluding carboxylic acids is 1. The minimum atomic E-state index is -0.304. The summed E-state index contributed by atoms with van der Waals surface area (Å²) in [5.41, 5.74) is 8.58. The minimum Gasteiger partial charge on any atom is -0.464 e. The van der Waals surface area contributed by atoms with Gasteiger partial charge in [0.1, 0.15) is 21.2 Å². The summed E-state index contributed by atoms with van der Waals surface area (Å²) in [6.45, 7) is 0. The number of hydrogen-bond donors (Lipinski definition) is 2. The molecule has 0 aliphatic rings. The van der Waals surface area contributed by atoms with Gasteiger partial charge in [-0.1, -0.05) is 18.2 Å². The van der Waals surface area contributed by atoms with E-state index >= 15 is 0 Å². The maximum absolute atomic E-state index is 12.8. The molecule has 4 heterocycles. The molecule has 0 radical (unpaired) electrons. The number of furan rings is 2. The summed E-state index contributed by atoms with van der Waals surface area (Å²) in [5.74, 6) is 0.796. The lowest BCUT2D eigenvalue weighted by Gasteiger charge is -2.06. The first-order chi connectivity index (χ1) is 14.2. The van der Waals surface area contributed by atoms with Gasteiger partial charge in [-0.3, -0.25) is 4.79 Å². The summed E-state index contributed by atoms with van der Waals surface area (Å²) < 4.78 is 11.1. The van der Waals surface area contributed by atoms with Crippen molar-refractivity contribution < 1.29 is 13.6 Å². The molecule has 1 amide bonds. The molecule has 0 bridgehead atoms. The van der Waals surface area contributed by atoms with Crippen LogP contribution in [0.1, 0.15) is 9.67 Å². The molecule has 0 aliphatic heterocycles.